The Hall–Kier alpha value is -1.07. The van der Waals surface area contributed by atoms with E-state index in [2.05, 4.69) is 24.4 Å². The maximum Gasteiger partial charge on any atom is 0.184 e. The summed E-state index contributed by atoms with van der Waals surface area (Å²) in [7, 11) is 0. The summed E-state index contributed by atoms with van der Waals surface area (Å²) in [4.78, 5) is 14.8. The number of rotatable bonds is 2. The van der Waals surface area contributed by atoms with Gasteiger partial charge in [-0.3, -0.25) is 0 Å². The number of hydrogen-bond donors (Lipinski definition) is 0. The SMILES string of the molecule is Cl.ClCCN1CCn2cnc3ncnc-3c21. The molecule has 0 aliphatic carbocycles. The van der Waals surface area contributed by atoms with Crippen LogP contribution in [0.5, 0.6) is 0 Å². The van der Waals surface area contributed by atoms with E-state index < -0.39 is 0 Å². The van der Waals surface area contributed by atoms with Crippen LogP contribution in [0.2, 0.25) is 0 Å². The molecular formula is C9H11Cl2N5. The third kappa shape index (κ3) is 1.60. The molecule has 0 N–H and O–H groups in total. The van der Waals surface area contributed by atoms with Gasteiger partial charge in [-0.1, -0.05) is 0 Å². The van der Waals surface area contributed by atoms with Gasteiger partial charge in [0.25, 0.3) is 0 Å². The third-order valence-corrected chi connectivity index (χ3v) is 2.82. The van der Waals surface area contributed by atoms with Gasteiger partial charge in [0, 0.05) is 25.5 Å². The fourth-order valence-electron chi connectivity index (χ4n) is 1.98. The lowest BCUT2D eigenvalue weighted by atomic mass is 10.3. The first kappa shape index (κ1) is 11.4. The van der Waals surface area contributed by atoms with Gasteiger partial charge in [0.15, 0.2) is 11.5 Å². The van der Waals surface area contributed by atoms with Gasteiger partial charge in [0.1, 0.15) is 12.1 Å². The molecule has 5 nitrogen and oxygen atoms in total. The molecule has 3 rings (SSSR count). The molecule has 0 aromatic rings. The summed E-state index contributed by atoms with van der Waals surface area (Å²) in [5.74, 6) is 2.43. The Bertz CT molecular complexity index is 455. The Balaban J connectivity index is 0.000000963. The summed E-state index contributed by atoms with van der Waals surface area (Å²) in [6.45, 7) is 2.76. The number of nitrogens with zero attached hydrogens (tertiary/aromatic N) is 5. The van der Waals surface area contributed by atoms with Crippen LogP contribution < -0.4 is 4.90 Å². The molecule has 0 aromatic carbocycles. The van der Waals surface area contributed by atoms with Crippen molar-refractivity contribution in [3.63, 3.8) is 0 Å². The quantitative estimate of drug-likeness (QED) is 0.762. The third-order valence-electron chi connectivity index (χ3n) is 2.65. The van der Waals surface area contributed by atoms with Crippen molar-refractivity contribution in [1.29, 1.82) is 0 Å². The van der Waals surface area contributed by atoms with E-state index in [0.717, 1.165) is 31.1 Å². The summed E-state index contributed by atoms with van der Waals surface area (Å²) in [5.41, 5.74) is 0.875. The molecule has 0 unspecified atom stereocenters. The van der Waals surface area contributed by atoms with E-state index in [1.54, 1.807) is 6.33 Å². The number of fused-ring (bicyclic) bond motifs is 3. The van der Waals surface area contributed by atoms with E-state index >= 15 is 0 Å². The summed E-state index contributed by atoms with van der Waals surface area (Å²) < 4.78 is 2.10. The molecule has 0 radical (unpaired) electrons. The molecule has 3 aliphatic heterocycles. The van der Waals surface area contributed by atoms with Gasteiger partial charge in [0.05, 0.1) is 6.33 Å². The zero-order valence-corrected chi connectivity index (χ0v) is 10.1. The molecule has 16 heavy (non-hydrogen) atoms. The second-order valence-electron chi connectivity index (χ2n) is 3.48. The summed E-state index contributed by atoms with van der Waals surface area (Å²) >= 11 is 5.77. The monoisotopic (exact) mass is 259 g/mol. The number of imidazole rings is 1. The normalized spacial score (nSPS) is 13.9. The van der Waals surface area contributed by atoms with Gasteiger partial charge in [-0.25, -0.2) is 15.0 Å². The van der Waals surface area contributed by atoms with E-state index in [1.165, 1.54) is 0 Å². The molecule has 0 saturated carbocycles. The van der Waals surface area contributed by atoms with Gasteiger partial charge in [0.2, 0.25) is 0 Å². The molecular weight excluding hydrogens is 249 g/mol. The summed E-state index contributed by atoms with van der Waals surface area (Å²) in [5, 5.41) is 0. The van der Waals surface area contributed by atoms with Crippen molar-refractivity contribution < 1.29 is 0 Å². The minimum absolute atomic E-state index is 0. The lowest BCUT2D eigenvalue weighted by molar-refractivity contribution is 0.763. The number of alkyl halides is 1. The fraction of sp³-hybridized carbons (Fsp3) is 0.444. The lowest BCUT2D eigenvalue weighted by Crippen LogP contribution is -2.23. The van der Waals surface area contributed by atoms with Gasteiger partial charge in [-0.2, -0.15) is 0 Å². The largest absolute Gasteiger partial charge is 0.353 e. The molecule has 0 saturated heterocycles. The van der Waals surface area contributed by atoms with E-state index in [-0.39, 0.29) is 12.4 Å². The molecule has 3 heterocycles. The van der Waals surface area contributed by atoms with Crippen LogP contribution in [-0.2, 0) is 6.54 Å². The molecule has 0 aromatic heterocycles. The van der Waals surface area contributed by atoms with Crippen molar-refractivity contribution in [2.24, 2.45) is 0 Å². The molecule has 0 atom stereocenters. The Morgan fingerprint density at radius 3 is 2.94 bits per heavy atom. The van der Waals surface area contributed by atoms with Crippen LogP contribution in [0.15, 0.2) is 12.7 Å². The Morgan fingerprint density at radius 2 is 2.12 bits per heavy atom. The van der Waals surface area contributed by atoms with Crippen molar-refractivity contribution in [3.05, 3.63) is 12.7 Å². The number of anilines is 1. The summed E-state index contributed by atoms with van der Waals surface area (Å²) in [6.07, 6.45) is 3.37. The molecule has 3 aliphatic rings. The molecule has 0 amide bonds. The standard InChI is InChI=1S/C9H10ClN5.ClH/c10-1-2-14-3-4-15-6-13-8-7(9(14)15)11-5-12-8;/h5-6H,1-4H2;1H. The highest BCUT2D eigenvalue weighted by Gasteiger charge is 2.25. The second kappa shape index (κ2) is 4.43. The number of hydrogen-bond acceptors (Lipinski definition) is 4. The van der Waals surface area contributed by atoms with Gasteiger partial charge in [-0.05, 0) is 0 Å². The zero-order valence-electron chi connectivity index (χ0n) is 8.51. The first-order valence-corrected chi connectivity index (χ1v) is 5.40. The van der Waals surface area contributed by atoms with Gasteiger partial charge >= 0.3 is 0 Å². The Kier molecular flexibility index (Phi) is 3.16. The number of halogens is 2. The van der Waals surface area contributed by atoms with Crippen LogP contribution in [0, 0.1) is 0 Å². The first-order valence-electron chi connectivity index (χ1n) is 4.87. The average molecular weight is 260 g/mol. The fourth-order valence-corrected chi connectivity index (χ4v) is 2.18. The minimum Gasteiger partial charge on any atom is -0.353 e. The average Bonchev–Trinajstić information content (AvgIpc) is 2.83. The highest BCUT2D eigenvalue weighted by Crippen LogP contribution is 2.30. The Labute approximate surface area is 104 Å². The molecule has 0 fully saturated rings. The van der Waals surface area contributed by atoms with Crippen LogP contribution in [0.1, 0.15) is 0 Å². The lowest BCUT2D eigenvalue weighted by Gasteiger charge is -2.17. The van der Waals surface area contributed by atoms with E-state index in [9.17, 15) is 0 Å². The van der Waals surface area contributed by atoms with Crippen LogP contribution >= 0.6 is 24.0 Å². The molecule has 0 bridgehead atoms. The predicted octanol–water partition coefficient (Wildman–Crippen LogP) is 1.26. The Morgan fingerprint density at radius 1 is 1.25 bits per heavy atom. The van der Waals surface area contributed by atoms with Crippen LogP contribution in [0.3, 0.4) is 0 Å². The maximum atomic E-state index is 5.77. The topological polar surface area (TPSA) is 46.8 Å². The number of aromatic nitrogens is 4. The maximum absolute atomic E-state index is 5.77. The second-order valence-corrected chi connectivity index (χ2v) is 3.86. The summed E-state index contributed by atoms with van der Waals surface area (Å²) in [6, 6.07) is 0. The van der Waals surface area contributed by atoms with Crippen LogP contribution in [0.25, 0.3) is 11.5 Å². The van der Waals surface area contributed by atoms with Crippen LogP contribution in [-0.4, -0.2) is 38.5 Å². The smallest absolute Gasteiger partial charge is 0.184 e. The van der Waals surface area contributed by atoms with Crippen molar-refractivity contribution in [3.8, 4) is 11.5 Å². The van der Waals surface area contributed by atoms with Crippen LogP contribution in [0.4, 0.5) is 5.82 Å². The van der Waals surface area contributed by atoms with Gasteiger partial charge < -0.3 is 9.47 Å². The van der Waals surface area contributed by atoms with Crippen molar-refractivity contribution in [2.75, 3.05) is 23.9 Å². The van der Waals surface area contributed by atoms with Crippen molar-refractivity contribution in [2.45, 2.75) is 6.54 Å². The van der Waals surface area contributed by atoms with Gasteiger partial charge in [-0.15, -0.1) is 24.0 Å². The van der Waals surface area contributed by atoms with Crippen molar-refractivity contribution >= 4 is 29.8 Å². The highest BCUT2D eigenvalue weighted by molar-refractivity contribution is 6.18. The highest BCUT2D eigenvalue weighted by atomic mass is 35.5. The van der Waals surface area contributed by atoms with E-state index in [0.29, 0.717) is 11.7 Å². The van der Waals surface area contributed by atoms with E-state index in [4.69, 9.17) is 11.6 Å². The predicted molar refractivity (Wildman–Crippen MR) is 64.6 cm³/mol. The zero-order chi connectivity index (χ0) is 10.3. The molecule has 7 heteroatoms. The molecule has 86 valence electrons. The van der Waals surface area contributed by atoms with E-state index in [1.807, 2.05) is 6.33 Å². The molecule has 0 spiro atoms. The minimum atomic E-state index is 0. The first-order chi connectivity index (χ1) is 7.40. The van der Waals surface area contributed by atoms with Crippen molar-refractivity contribution in [1.82, 2.24) is 19.5 Å².